The Labute approximate surface area is 241 Å². The number of aromatic nitrogens is 8. The van der Waals surface area contributed by atoms with E-state index in [4.69, 9.17) is 24.3 Å². The second kappa shape index (κ2) is 9.87. The van der Waals surface area contributed by atoms with Gasteiger partial charge in [0.15, 0.2) is 34.8 Å². The topological polar surface area (TPSA) is 337 Å². The molecule has 0 spiro atoms. The van der Waals surface area contributed by atoms with E-state index in [0.29, 0.717) is 0 Å². The lowest BCUT2D eigenvalue weighted by Crippen LogP contribution is -2.38. The fourth-order valence-electron chi connectivity index (χ4n) is 5.52. The van der Waals surface area contributed by atoms with Crippen LogP contribution < -0.4 is 16.9 Å². The molecule has 232 valence electrons. The van der Waals surface area contributed by atoms with E-state index in [0.717, 1.165) is 17.2 Å². The quantitative estimate of drug-likeness (QED) is 0.0447. The molecule has 7 rings (SSSR count). The highest BCUT2D eigenvalue weighted by Gasteiger charge is 2.78. The first-order chi connectivity index (χ1) is 21.0. The second-order valence-electron chi connectivity index (χ2n) is 10.1. The van der Waals surface area contributed by atoms with Gasteiger partial charge in [-0.25, -0.2) is 19.5 Å². The third kappa shape index (κ3) is 4.15. The molecule has 0 radical (unpaired) electrons. The number of ether oxygens (including phenoxy) is 2. The average molecular weight is 636 g/mol. The monoisotopic (exact) mass is 636 g/mol. The molecule has 2 saturated heterocycles. The van der Waals surface area contributed by atoms with Crippen LogP contribution in [0.25, 0.3) is 32.8 Å². The lowest BCUT2D eigenvalue weighted by Gasteiger charge is -2.28. The fraction of sp³-hybridized carbons (Fsp3) is 0.500. The molecule has 1 saturated carbocycles. The van der Waals surface area contributed by atoms with Gasteiger partial charge in [-0.2, -0.15) is 4.98 Å². The van der Waals surface area contributed by atoms with Gasteiger partial charge < -0.3 is 40.4 Å². The molecule has 10 atom stereocenters. The number of imidazole rings is 2. The van der Waals surface area contributed by atoms with Gasteiger partial charge in [-0.15, -0.1) is 0 Å². The molecule has 3 fully saturated rings. The molecule has 8 N–H and O–H groups in total. The van der Waals surface area contributed by atoms with Crippen molar-refractivity contribution in [3.05, 3.63) is 50.1 Å². The number of fused-ring (bicyclic) bond motifs is 3. The van der Waals surface area contributed by atoms with Crippen LogP contribution in [0.2, 0.25) is 0 Å². The zero-order valence-corrected chi connectivity index (χ0v) is 22.6. The van der Waals surface area contributed by atoms with E-state index in [2.05, 4.69) is 39.9 Å². The van der Waals surface area contributed by atoms with Gasteiger partial charge in [-0.05, 0) is 5.53 Å². The summed E-state index contributed by atoms with van der Waals surface area (Å²) in [6.45, 7) is -0.802. The molecular formula is C20H21N12O11P. The molecule has 6 heterocycles. The van der Waals surface area contributed by atoms with E-state index in [1.54, 1.807) is 0 Å². The number of aromatic amines is 2. The molecule has 4 aromatic rings. The maximum Gasteiger partial charge on any atom is 0.472 e. The smallest absolute Gasteiger partial charge is 0.389 e. The number of hydrogen-bond donors (Lipinski definition) is 7. The fourth-order valence-corrected chi connectivity index (χ4v) is 6.48. The molecule has 1 aliphatic carbocycles. The van der Waals surface area contributed by atoms with Crippen LogP contribution in [0.4, 0.5) is 5.95 Å². The van der Waals surface area contributed by atoms with Crippen molar-refractivity contribution >= 4 is 36.1 Å². The summed E-state index contributed by atoms with van der Waals surface area (Å²) in [7, 11) is -5.16. The lowest BCUT2D eigenvalue weighted by molar-refractivity contribution is -0.0763. The molecule has 0 amide bonds. The standard InChI is InChI=1S/C20H21N12O11P/c21-19-27-14-7(16(37)28-19)26-4-32(14)18-12(20(29-30-22)10(35)11(20)42-18)43-44(38,39)40-1-5-8(33)9(34)17(41-5)31-3-25-6-13(31)23-2-24-15(6)36/h2-5,8-12,17-18,33-35H,1H2,(H,38,39)(H,23,24,36)(H3,21,27,28,37)/t5-,8-,9-,10?,11-,12?,17-,18-,20?/m1/s1. The van der Waals surface area contributed by atoms with Gasteiger partial charge in [0.05, 0.1) is 31.7 Å². The molecule has 0 aromatic carbocycles. The van der Waals surface area contributed by atoms with Crippen molar-refractivity contribution in [2.45, 2.75) is 54.6 Å². The number of hydrogen-bond acceptors (Lipinski definition) is 16. The van der Waals surface area contributed by atoms with Crippen LogP contribution in [0.15, 0.2) is 33.7 Å². The van der Waals surface area contributed by atoms with E-state index in [-0.39, 0.29) is 28.3 Å². The number of nitrogens with one attached hydrogen (secondary N) is 2. The highest BCUT2D eigenvalue weighted by Crippen LogP contribution is 2.62. The molecule has 0 bridgehead atoms. The maximum absolute atomic E-state index is 13.2. The Morgan fingerprint density at radius 2 is 1.80 bits per heavy atom. The van der Waals surface area contributed by atoms with Crippen molar-refractivity contribution in [3.63, 3.8) is 0 Å². The molecule has 3 aliphatic rings. The third-order valence-corrected chi connectivity index (χ3v) is 8.64. The minimum atomic E-state index is -5.16. The zero-order valence-electron chi connectivity index (χ0n) is 21.8. The minimum Gasteiger partial charge on any atom is -0.389 e. The Balaban J connectivity index is 1.13. The van der Waals surface area contributed by atoms with Crippen molar-refractivity contribution in [3.8, 4) is 0 Å². The summed E-state index contributed by atoms with van der Waals surface area (Å²) in [6.07, 6.45) is -8.26. The second-order valence-corrected chi connectivity index (χ2v) is 11.5. The zero-order chi connectivity index (χ0) is 31.1. The number of anilines is 1. The summed E-state index contributed by atoms with van der Waals surface area (Å²) in [5.41, 5.74) is 11.5. The van der Waals surface area contributed by atoms with Gasteiger partial charge in [0.25, 0.3) is 11.1 Å². The molecule has 4 aromatic heterocycles. The minimum absolute atomic E-state index is 0.0427. The number of aliphatic hydroxyl groups is 3. The summed E-state index contributed by atoms with van der Waals surface area (Å²) in [5.74, 6) is -0.271. The molecule has 4 unspecified atom stereocenters. The predicted octanol–water partition coefficient (Wildman–Crippen LogP) is -2.72. The first kappa shape index (κ1) is 28.5. The van der Waals surface area contributed by atoms with E-state index in [9.17, 15) is 39.9 Å². The summed E-state index contributed by atoms with van der Waals surface area (Å²) >= 11 is 0. The lowest BCUT2D eigenvalue weighted by atomic mass is 10.1. The predicted molar refractivity (Wildman–Crippen MR) is 139 cm³/mol. The van der Waals surface area contributed by atoms with E-state index < -0.39 is 80.2 Å². The van der Waals surface area contributed by atoms with Crippen LogP contribution in [0.1, 0.15) is 12.5 Å². The average Bonchev–Trinajstić information content (AvgIpc) is 3.50. The van der Waals surface area contributed by atoms with Crippen molar-refractivity contribution < 1.29 is 43.3 Å². The van der Waals surface area contributed by atoms with Gasteiger partial charge in [0, 0.05) is 4.91 Å². The Morgan fingerprint density at radius 3 is 2.52 bits per heavy atom. The normalized spacial score (nSPS) is 34.2. The molecular weight excluding hydrogens is 615 g/mol. The number of rotatable bonds is 8. The SMILES string of the molecule is [N-]=[N+]=NC12C(OP(=O)(O)OC[C@H]3O[C@@H](n4cnc5c(=O)[nH]cnc54)[C@H](O)[C@@H]3O)[C@H](n3cnc4c(=O)[nH]c(N)nc43)O[C@@H]1C2O. The number of nitrogens with two attached hydrogens (primary N) is 1. The number of nitrogen functional groups attached to an aromatic ring is 1. The maximum atomic E-state index is 13.2. The van der Waals surface area contributed by atoms with Crippen LogP contribution in [0.5, 0.6) is 0 Å². The van der Waals surface area contributed by atoms with Gasteiger partial charge in [-0.3, -0.25) is 32.8 Å². The van der Waals surface area contributed by atoms with E-state index >= 15 is 0 Å². The van der Waals surface area contributed by atoms with Crippen molar-refractivity contribution in [2.75, 3.05) is 12.3 Å². The van der Waals surface area contributed by atoms with Gasteiger partial charge in [0.2, 0.25) is 5.95 Å². The van der Waals surface area contributed by atoms with Crippen molar-refractivity contribution in [2.24, 2.45) is 5.11 Å². The number of phosphoric ester groups is 1. The van der Waals surface area contributed by atoms with Crippen molar-refractivity contribution in [1.82, 2.24) is 39.0 Å². The summed E-state index contributed by atoms with van der Waals surface area (Å²) in [4.78, 5) is 58.2. The summed E-state index contributed by atoms with van der Waals surface area (Å²) in [5, 5.41) is 35.3. The molecule has 23 nitrogen and oxygen atoms in total. The number of azide groups is 1. The molecule has 24 heteroatoms. The Kier molecular flexibility index (Phi) is 6.39. The van der Waals surface area contributed by atoms with Crippen LogP contribution in [0, 0.1) is 0 Å². The van der Waals surface area contributed by atoms with Crippen molar-refractivity contribution in [1.29, 1.82) is 0 Å². The van der Waals surface area contributed by atoms with Gasteiger partial charge >= 0.3 is 7.82 Å². The third-order valence-electron chi connectivity index (χ3n) is 7.68. The Morgan fingerprint density at radius 1 is 1.09 bits per heavy atom. The highest BCUT2D eigenvalue weighted by molar-refractivity contribution is 7.47. The first-order valence-electron chi connectivity index (χ1n) is 12.7. The van der Waals surface area contributed by atoms with Crippen LogP contribution in [-0.2, 0) is 23.1 Å². The number of nitrogens with zero attached hydrogens (tertiary/aromatic N) is 9. The van der Waals surface area contributed by atoms with E-state index in [1.165, 1.54) is 10.9 Å². The van der Waals surface area contributed by atoms with Crippen LogP contribution in [-0.4, -0.2) is 108 Å². The first-order valence-corrected chi connectivity index (χ1v) is 14.2. The van der Waals surface area contributed by atoms with Gasteiger partial charge in [-0.1, -0.05) is 5.11 Å². The molecule has 44 heavy (non-hydrogen) atoms. The van der Waals surface area contributed by atoms with E-state index in [1.807, 2.05) is 0 Å². The van der Waals surface area contributed by atoms with Crippen LogP contribution >= 0.6 is 7.82 Å². The highest BCUT2D eigenvalue weighted by atomic mass is 31.2. The van der Waals surface area contributed by atoms with Gasteiger partial charge in [0.1, 0.15) is 36.1 Å². The number of H-pyrrole nitrogens is 2. The largest absolute Gasteiger partial charge is 0.472 e. The Bertz CT molecular complexity index is 2010. The van der Waals surface area contributed by atoms with Crippen LogP contribution in [0.3, 0.4) is 0 Å². The summed E-state index contributed by atoms with van der Waals surface area (Å²) in [6, 6.07) is 0. The molecule has 2 aliphatic heterocycles. The number of phosphoric acid groups is 1. The number of aliphatic hydroxyl groups excluding tert-OH is 3. The Hall–Kier alpha value is -4.28. The summed E-state index contributed by atoms with van der Waals surface area (Å²) < 4.78 is 37.5.